The molecule has 0 saturated heterocycles. The molecule has 6 heteroatoms. The number of ether oxygens (including phenoxy) is 1. The van der Waals surface area contributed by atoms with Gasteiger partial charge in [-0.2, -0.15) is 5.26 Å². The molecule has 0 bridgehead atoms. The minimum Gasteiger partial charge on any atom is -0.471 e. The van der Waals surface area contributed by atoms with Gasteiger partial charge in [-0.25, -0.2) is 4.90 Å². The zero-order chi connectivity index (χ0) is 15.7. The van der Waals surface area contributed by atoms with Crippen molar-refractivity contribution in [3.8, 4) is 11.8 Å². The van der Waals surface area contributed by atoms with Crippen molar-refractivity contribution in [1.29, 1.82) is 5.26 Å². The van der Waals surface area contributed by atoms with E-state index in [-0.39, 0.29) is 11.8 Å². The molecular formula is C16H9ClN2O3. The van der Waals surface area contributed by atoms with Crippen LogP contribution >= 0.6 is 11.6 Å². The summed E-state index contributed by atoms with van der Waals surface area (Å²) in [6.07, 6.45) is 0. The lowest BCUT2D eigenvalue weighted by Gasteiger charge is -2.15. The van der Waals surface area contributed by atoms with E-state index in [2.05, 4.69) is 0 Å². The van der Waals surface area contributed by atoms with E-state index in [1.807, 2.05) is 6.07 Å². The van der Waals surface area contributed by atoms with Crippen LogP contribution in [0.25, 0.3) is 0 Å². The standard InChI is InChI=1S/C16H9ClN2O3/c17-13-7-10(8-18)5-6-14(13)22-9-19-15(20)11-3-1-2-4-12(11)16(19)21/h1-7H,9H2. The summed E-state index contributed by atoms with van der Waals surface area (Å²) in [4.78, 5) is 25.3. The minimum absolute atomic E-state index is 0.238. The highest BCUT2D eigenvalue weighted by molar-refractivity contribution is 6.32. The number of imide groups is 1. The molecule has 0 saturated carbocycles. The molecule has 0 spiro atoms. The topological polar surface area (TPSA) is 70.4 Å². The molecule has 0 radical (unpaired) electrons. The van der Waals surface area contributed by atoms with Gasteiger partial charge in [-0.05, 0) is 30.3 Å². The van der Waals surface area contributed by atoms with Gasteiger partial charge in [-0.1, -0.05) is 23.7 Å². The maximum absolute atomic E-state index is 12.2. The van der Waals surface area contributed by atoms with Crippen molar-refractivity contribution < 1.29 is 14.3 Å². The first-order valence-electron chi connectivity index (χ1n) is 6.39. The van der Waals surface area contributed by atoms with Gasteiger partial charge in [0, 0.05) is 0 Å². The van der Waals surface area contributed by atoms with Crippen LogP contribution in [-0.4, -0.2) is 23.4 Å². The van der Waals surface area contributed by atoms with Crippen LogP contribution in [0.3, 0.4) is 0 Å². The smallest absolute Gasteiger partial charge is 0.264 e. The summed E-state index contributed by atoms with van der Waals surface area (Å²) in [5, 5.41) is 9.02. The molecule has 0 N–H and O–H groups in total. The van der Waals surface area contributed by atoms with Gasteiger partial charge in [-0.15, -0.1) is 0 Å². The molecule has 2 aromatic carbocycles. The fourth-order valence-corrected chi connectivity index (χ4v) is 2.41. The summed E-state index contributed by atoms with van der Waals surface area (Å²) >= 11 is 5.99. The zero-order valence-electron chi connectivity index (χ0n) is 11.2. The Labute approximate surface area is 131 Å². The molecular weight excluding hydrogens is 304 g/mol. The number of nitriles is 1. The maximum atomic E-state index is 12.2. The lowest BCUT2D eigenvalue weighted by atomic mass is 10.1. The maximum Gasteiger partial charge on any atom is 0.264 e. The third-order valence-corrected chi connectivity index (χ3v) is 3.58. The Hall–Kier alpha value is -2.84. The fraction of sp³-hybridized carbons (Fsp3) is 0.0625. The lowest BCUT2D eigenvalue weighted by Crippen LogP contribution is -2.33. The second-order valence-electron chi connectivity index (χ2n) is 4.61. The largest absolute Gasteiger partial charge is 0.471 e. The second-order valence-corrected chi connectivity index (χ2v) is 5.02. The van der Waals surface area contributed by atoms with Gasteiger partial charge in [0.1, 0.15) is 5.75 Å². The summed E-state index contributed by atoms with van der Waals surface area (Å²) < 4.78 is 5.44. The van der Waals surface area contributed by atoms with E-state index >= 15 is 0 Å². The van der Waals surface area contributed by atoms with E-state index in [0.717, 1.165) is 4.90 Å². The number of carbonyl (C=O) groups excluding carboxylic acids is 2. The van der Waals surface area contributed by atoms with E-state index in [0.29, 0.717) is 22.4 Å². The number of amides is 2. The van der Waals surface area contributed by atoms with Gasteiger partial charge in [-0.3, -0.25) is 9.59 Å². The molecule has 1 aliphatic rings. The summed E-state index contributed by atoms with van der Waals surface area (Å²) in [5.74, 6) is -0.493. The molecule has 3 rings (SSSR count). The highest BCUT2D eigenvalue weighted by Crippen LogP contribution is 2.27. The van der Waals surface area contributed by atoms with Crippen molar-refractivity contribution in [2.24, 2.45) is 0 Å². The van der Waals surface area contributed by atoms with Crippen LogP contribution in [0.1, 0.15) is 26.3 Å². The average molecular weight is 313 g/mol. The third-order valence-electron chi connectivity index (χ3n) is 3.29. The predicted octanol–water partition coefficient (Wildman–Crippen LogP) is 2.84. The van der Waals surface area contributed by atoms with Crippen molar-refractivity contribution in [1.82, 2.24) is 4.90 Å². The van der Waals surface area contributed by atoms with Gasteiger partial charge in [0.05, 0.1) is 27.8 Å². The van der Waals surface area contributed by atoms with Crippen LogP contribution in [0.15, 0.2) is 42.5 Å². The molecule has 2 amide bonds. The summed E-state index contributed by atoms with van der Waals surface area (Å²) in [6.45, 7) is -0.238. The Morgan fingerprint density at radius 1 is 1.09 bits per heavy atom. The molecule has 0 fully saturated rings. The molecule has 1 aliphatic heterocycles. The van der Waals surface area contributed by atoms with Crippen LogP contribution in [0.5, 0.6) is 5.75 Å². The van der Waals surface area contributed by atoms with E-state index in [4.69, 9.17) is 21.6 Å². The predicted molar refractivity (Wildman–Crippen MR) is 78.6 cm³/mol. The molecule has 2 aromatic rings. The summed E-state index contributed by atoms with van der Waals surface area (Å²) in [5.41, 5.74) is 1.13. The number of carbonyl (C=O) groups is 2. The Morgan fingerprint density at radius 2 is 1.73 bits per heavy atom. The van der Waals surface area contributed by atoms with E-state index < -0.39 is 11.8 Å². The SMILES string of the molecule is N#Cc1ccc(OCN2C(=O)c3ccccc3C2=O)c(Cl)c1. The molecule has 0 atom stereocenters. The Kier molecular flexibility index (Phi) is 3.53. The van der Waals surface area contributed by atoms with Gasteiger partial charge < -0.3 is 4.74 Å². The highest BCUT2D eigenvalue weighted by Gasteiger charge is 2.35. The number of halogens is 1. The van der Waals surface area contributed by atoms with Crippen LogP contribution in [0.2, 0.25) is 5.02 Å². The van der Waals surface area contributed by atoms with Gasteiger partial charge in [0.25, 0.3) is 11.8 Å². The number of hydrogen-bond acceptors (Lipinski definition) is 4. The van der Waals surface area contributed by atoms with E-state index in [9.17, 15) is 9.59 Å². The number of rotatable bonds is 3. The minimum atomic E-state index is -0.398. The Bertz CT molecular complexity index is 791. The number of nitrogens with zero attached hydrogens (tertiary/aromatic N) is 2. The van der Waals surface area contributed by atoms with E-state index in [1.54, 1.807) is 30.3 Å². The fourth-order valence-electron chi connectivity index (χ4n) is 2.18. The third kappa shape index (κ3) is 2.30. The van der Waals surface area contributed by atoms with Gasteiger partial charge >= 0.3 is 0 Å². The number of fused-ring (bicyclic) bond motifs is 1. The molecule has 22 heavy (non-hydrogen) atoms. The number of benzene rings is 2. The first kappa shape index (κ1) is 14.1. The van der Waals surface area contributed by atoms with Crippen molar-refractivity contribution in [2.45, 2.75) is 0 Å². The number of hydrogen-bond donors (Lipinski definition) is 0. The van der Waals surface area contributed by atoms with Crippen LogP contribution in [0, 0.1) is 11.3 Å². The monoisotopic (exact) mass is 312 g/mol. The van der Waals surface area contributed by atoms with Crippen LogP contribution in [-0.2, 0) is 0 Å². The van der Waals surface area contributed by atoms with Gasteiger partial charge in [0.15, 0.2) is 6.73 Å². The lowest BCUT2D eigenvalue weighted by molar-refractivity contribution is 0.0522. The molecule has 0 aromatic heterocycles. The summed E-state index contributed by atoms with van der Waals surface area (Å²) in [6, 6.07) is 13.1. The van der Waals surface area contributed by atoms with Crippen LogP contribution in [0.4, 0.5) is 0 Å². The van der Waals surface area contributed by atoms with Crippen LogP contribution < -0.4 is 4.74 Å². The zero-order valence-corrected chi connectivity index (χ0v) is 12.0. The van der Waals surface area contributed by atoms with Crippen molar-refractivity contribution in [2.75, 3.05) is 6.73 Å². The molecule has 5 nitrogen and oxygen atoms in total. The Morgan fingerprint density at radius 3 is 2.27 bits per heavy atom. The normalized spacial score (nSPS) is 13.0. The molecule has 0 unspecified atom stereocenters. The highest BCUT2D eigenvalue weighted by atomic mass is 35.5. The van der Waals surface area contributed by atoms with Crippen molar-refractivity contribution in [3.63, 3.8) is 0 Å². The van der Waals surface area contributed by atoms with E-state index in [1.165, 1.54) is 12.1 Å². The molecule has 1 heterocycles. The van der Waals surface area contributed by atoms with Crippen molar-refractivity contribution >= 4 is 23.4 Å². The van der Waals surface area contributed by atoms with Crippen molar-refractivity contribution in [3.05, 3.63) is 64.2 Å². The first-order chi connectivity index (χ1) is 10.6. The quantitative estimate of drug-likeness (QED) is 0.817. The Balaban J connectivity index is 1.77. The van der Waals surface area contributed by atoms with Gasteiger partial charge in [0.2, 0.25) is 0 Å². The first-order valence-corrected chi connectivity index (χ1v) is 6.77. The molecule has 0 aliphatic carbocycles. The second kappa shape index (κ2) is 5.51. The molecule has 108 valence electrons. The summed E-state index contributed by atoms with van der Waals surface area (Å²) in [7, 11) is 0. The average Bonchev–Trinajstić information content (AvgIpc) is 2.78.